The molecule has 0 aliphatic carbocycles. The topological polar surface area (TPSA) is 217 Å². The molecular weight excluding hydrogens is 515 g/mol. The number of aromatic nitrogens is 5. The van der Waals surface area contributed by atoms with Gasteiger partial charge in [0, 0.05) is 35.9 Å². The number of nitrogens with zero attached hydrogens (tertiary/aromatic N) is 3. The molecule has 2 aromatic heterocycles. The first-order valence-electron chi connectivity index (χ1n) is 11.5. The number of hydrogen-bond donors (Lipinski definition) is 7. The lowest BCUT2D eigenvalue weighted by Crippen LogP contribution is -2.19. The Morgan fingerprint density at radius 3 is 2.69 bits per heavy atom. The molecule has 4 rings (SSSR count). The molecule has 204 valence electrons. The Morgan fingerprint density at radius 2 is 2.05 bits per heavy atom. The Labute approximate surface area is 219 Å². The molecular formula is C24H25FN8O6. The number of carbonyl (C=O) groups is 1. The number of hydrogen-bond acceptors (Lipinski definition) is 9. The summed E-state index contributed by atoms with van der Waals surface area (Å²) >= 11 is 0. The third-order valence-corrected chi connectivity index (χ3v) is 5.60. The fraction of sp³-hybridized carbons (Fsp3) is 0.208. The molecule has 1 atom stereocenters. The number of aliphatic hydroxyl groups is 1. The van der Waals surface area contributed by atoms with E-state index in [1.165, 1.54) is 19.2 Å². The second kappa shape index (κ2) is 11.5. The summed E-state index contributed by atoms with van der Waals surface area (Å²) in [5.74, 6) is -2.54. The van der Waals surface area contributed by atoms with E-state index in [9.17, 15) is 14.7 Å². The second-order valence-electron chi connectivity index (χ2n) is 8.16. The van der Waals surface area contributed by atoms with Gasteiger partial charge in [-0.25, -0.2) is 19.0 Å². The Balaban J connectivity index is 1.84. The average molecular weight is 541 g/mol. The number of aromatic amines is 2. The third-order valence-electron chi connectivity index (χ3n) is 5.60. The molecule has 1 unspecified atom stereocenters. The van der Waals surface area contributed by atoms with Gasteiger partial charge in [-0.15, -0.1) is 5.10 Å². The van der Waals surface area contributed by atoms with Crippen molar-refractivity contribution in [1.82, 2.24) is 24.7 Å². The first kappa shape index (κ1) is 26.9. The van der Waals surface area contributed by atoms with Crippen molar-refractivity contribution in [2.24, 2.45) is 5.73 Å². The third kappa shape index (κ3) is 5.72. The van der Waals surface area contributed by atoms with Gasteiger partial charge in [-0.1, -0.05) is 0 Å². The van der Waals surface area contributed by atoms with E-state index in [1.54, 1.807) is 24.3 Å². The predicted molar refractivity (Wildman–Crippen MR) is 136 cm³/mol. The van der Waals surface area contributed by atoms with Gasteiger partial charge in [0.1, 0.15) is 17.6 Å². The number of methoxy groups -OCH3 is 1. The van der Waals surface area contributed by atoms with Gasteiger partial charge >= 0.3 is 11.7 Å². The van der Waals surface area contributed by atoms with E-state index in [1.807, 2.05) is 0 Å². The minimum Gasteiger partial charge on any atom is -0.497 e. The molecule has 0 saturated heterocycles. The van der Waals surface area contributed by atoms with E-state index in [2.05, 4.69) is 25.4 Å². The molecule has 2 heterocycles. The summed E-state index contributed by atoms with van der Waals surface area (Å²) in [6.45, 7) is -0.115. The van der Waals surface area contributed by atoms with Gasteiger partial charge in [0.15, 0.2) is 28.9 Å². The van der Waals surface area contributed by atoms with Crippen LogP contribution in [-0.2, 0) is 0 Å². The number of nitrogens with two attached hydrogens (primary N) is 1. The molecule has 4 aromatic rings. The largest absolute Gasteiger partial charge is 0.497 e. The Bertz CT molecular complexity index is 1540. The van der Waals surface area contributed by atoms with E-state index < -0.39 is 23.5 Å². The number of aromatic carboxylic acids is 1. The van der Waals surface area contributed by atoms with Crippen molar-refractivity contribution in [2.45, 2.75) is 12.5 Å². The van der Waals surface area contributed by atoms with E-state index in [-0.39, 0.29) is 59.9 Å². The lowest BCUT2D eigenvalue weighted by Gasteiger charge is -2.21. The van der Waals surface area contributed by atoms with Gasteiger partial charge in [-0.05, 0) is 30.3 Å². The predicted octanol–water partition coefficient (Wildman–Crippen LogP) is 1.38. The minimum atomic E-state index is -1.36. The fourth-order valence-electron chi connectivity index (χ4n) is 3.70. The first-order chi connectivity index (χ1) is 18.7. The number of nitrogen functional groups attached to an aromatic ring is 1. The van der Waals surface area contributed by atoms with Crippen LogP contribution in [-0.4, -0.2) is 67.1 Å². The van der Waals surface area contributed by atoms with Gasteiger partial charge < -0.3 is 35.7 Å². The first-order valence-corrected chi connectivity index (χ1v) is 11.5. The molecule has 0 aliphatic rings. The van der Waals surface area contributed by atoms with Crippen molar-refractivity contribution in [3.63, 3.8) is 0 Å². The number of nitrogens with one attached hydrogen (secondary N) is 4. The zero-order valence-corrected chi connectivity index (χ0v) is 20.6. The maximum Gasteiger partial charge on any atom is 0.356 e. The SMILES string of the molecule is COc1cc(OCCCO)c(F)c(C(Nc2ccc(C(=N)N)cc2)c2nn(-c3nc[nH]c3C(=O)O)c(=O)[nH]2)c1. The molecule has 15 heteroatoms. The monoisotopic (exact) mass is 540 g/mol. The summed E-state index contributed by atoms with van der Waals surface area (Å²) in [5, 5.41) is 33.4. The summed E-state index contributed by atoms with van der Waals surface area (Å²) in [4.78, 5) is 33.2. The van der Waals surface area contributed by atoms with Gasteiger partial charge in [-0.3, -0.25) is 10.4 Å². The van der Waals surface area contributed by atoms with Crippen molar-refractivity contribution in [3.05, 3.63) is 81.7 Å². The molecule has 0 bridgehead atoms. The number of amidine groups is 1. The molecule has 0 radical (unpaired) electrons. The summed E-state index contributed by atoms with van der Waals surface area (Å²) in [6.07, 6.45) is 1.37. The number of imidazole rings is 1. The Morgan fingerprint density at radius 1 is 1.31 bits per heavy atom. The number of aliphatic hydroxyl groups excluding tert-OH is 1. The zero-order valence-electron chi connectivity index (χ0n) is 20.6. The number of carboxylic acid groups (broad SMARTS) is 1. The van der Waals surface area contributed by atoms with Gasteiger partial charge in [-0.2, -0.15) is 4.68 Å². The van der Waals surface area contributed by atoms with E-state index in [4.69, 9.17) is 25.7 Å². The molecule has 14 nitrogen and oxygen atoms in total. The molecule has 0 spiro atoms. The van der Waals surface area contributed by atoms with Crippen molar-refractivity contribution in [2.75, 3.05) is 25.6 Å². The van der Waals surface area contributed by atoms with Crippen LogP contribution in [0.15, 0.2) is 47.5 Å². The number of ether oxygens (including phenoxy) is 2. The fourth-order valence-corrected chi connectivity index (χ4v) is 3.70. The number of benzene rings is 2. The molecule has 2 aromatic carbocycles. The normalized spacial score (nSPS) is 11.7. The molecule has 0 saturated carbocycles. The number of H-pyrrole nitrogens is 2. The van der Waals surface area contributed by atoms with Gasteiger partial charge in [0.05, 0.1) is 20.0 Å². The van der Waals surface area contributed by atoms with Crippen LogP contribution in [0.5, 0.6) is 11.5 Å². The highest BCUT2D eigenvalue weighted by molar-refractivity contribution is 5.95. The van der Waals surface area contributed by atoms with Crippen LogP contribution in [0.3, 0.4) is 0 Å². The van der Waals surface area contributed by atoms with Crippen LogP contribution in [0.25, 0.3) is 5.82 Å². The lowest BCUT2D eigenvalue weighted by atomic mass is 10.0. The summed E-state index contributed by atoms with van der Waals surface area (Å²) in [5.41, 5.74) is 5.24. The minimum absolute atomic E-state index is 0.0228. The maximum atomic E-state index is 15.8. The van der Waals surface area contributed by atoms with Crippen molar-refractivity contribution < 1.29 is 28.9 Å². The standard InChI is InChI=1S/C24H25FN8O6/c1-38-14-9-15(17(25)16(10-14)39-8-2-7-34)18(30-13-5-3-12(4-6-13)20(26)27)21-31-24(37)33(32-21)22-19(23(35)36)28-11-29-22/h3-6,9-11,18,30,34H,2,7-8H2,1H3,(H3,26,27)(H,28,29)(H,35,36)(H,31,32,37). The van der Waals surface area contributed by atoms with Crippen LogP contribution in [0.1, 0.15) is 39.9 Å². The van der Waals surface area contributed by atoms with Crippen molar-refractivity contribution in [1.29, 1.82) is 5.41 Å². The summed E-state index contributed by atoms with van der Waals surface area (Å²) in [6, 6.07) is 7.96. The Hall–Kier alpha value is -5.18. The Kier molecular flexibility index (Phi) is 7.90. The zero-order chi connectivity index (χ0) is 28.1. The van der Waals surface area contributed by atoms with E-state index in [0.717, 1.165) is 11.0 Å². The highest BCUT2D eigenvalue weighted by atomic mass is 19.1. The highest BCUT2D eigenvalue weighted by Gasteiger charge is 2.28. The van der Waals surface area contributed by atoms with Gasteiger partial charge in [0.25, 0.3) is 0 Å². The van der Waals surface area contributed by atoms with Crippen LogP contribution in [0.2, 0.25) is 0 Å². The number of anilines is 1. The maximum absolute atomic E-state index is 15.8. The quantitative estimate of drug-likeness (QED) is 0.0777. The van der Waals surface area contributed by atoms with Crippen LogP contribution in [0.4, 0.5) is 10.1 Å². The highest BCUT2D eigenvalue weighted by Crippen LogP contribution is 2.35. The lowest BCUT2D eigenvalue weighted by molar-refractivity contribution is 0.0691. The second-order valence-corrected chi connectivity index (χ2v) is 8.16. The summed E-state index contributed by atoms with van der Waals surface area (Å²) in [7, 11) is 1.39. The molecule has 0 amide bonds. The van der Waals surface area contributed by atoms with E-state index >= 15 is 4.39 Å². The number of rotatable bonds is 12. The smallest absolute Gasteiger partial charge is 0.356 e. The molecule has 8 N–H and O–H groups in total. The number of halogens is 1. The van der Waals surface area contributed by atoms with Crippen LogP contribution >= 0.6 is 0 Å². The van der Waals surface area contributed by atoms with Crippen LogP contribution in [0, 0.1) is 11.2 Å². The van der Waals surface area contributed by atoms with E-state index in [0.29, 0.717) is 11.3 Å². The number of carboxylic acids is 1. The van der Waals surface area contributed by atoms with Crippen molar-refractivity contribution >= 4 is 17.5 Å². The summed E-state index contributed by atoms with van der Waals surface area (Å²) < 4.78 is 27.4. The van der Waals surface area contributed by atoms with Gasteiger partial charge in [0.2, 0.25) is 0 Å². The molecule has 39 heavy (non-hydrogen) atoms. The van der Waals surface area contributed by atoms with Crippen molar-refractivity contribution in [3.8, 4) is 17.3 Å². The molecule has 0 aliphatic heterocycles. The average Bonchev–Trinajstić information content (AvgIpc) is 3.55. The van der Waals surface area contributed by atoms with Crippen LogP contribution < -0.4 is 26.2 Å². The molecule has 0 fully saturated rings.